The van der Waals surface area contributed by atoms with Gasteiger partial charge in [-0.3, -0.25) is 5.43 Å². The van der Waals surface area contributed by atoms with Gasteiger partial charge in [0.05, 0.1) is 19.8 Å². The molecule has 3 heterocycles. The first kappa shape index (κ1) is 18.0. The van der Waals surface area contributed by atoms with Gasteiger partial charge >= 0.3 is 0 Å². The zero-order valence-corrected chi connectivity index (χ0v) is 15.4. The van der Waals surface area contributed by atoms with Crippen molar-refractivity contribution in [2.24, 2.45) is 5.92 Å². The Morgan fingerprint density at radius 1 is 1.30 bits per heavy atom. The fourth-order valence-corrected chi connectivity index (χ4v) is 3.98. The summed E-state index contributed by atoms with van der Waals surface area (Å²) < 4.78 is 5.39. The molecule has 0 bridgehead atoms. The number of aliphatic hydroxyl groups is 1. The van der Waals surface area contributed by atoms with Gasteiger partial charge in [0.2, 0.25) is 0 Å². The first-order valence-electron chi connectivity index (χ1n) is 9.35. The Kier molecular flexibility index (Phi) is 5.38. The molecular weight excluding hydrogens is 344 g/mol. The number of benzene rings is 1. The summed E-state index contributed by atoms with van der Waals surface area (Å²) in [6.45, 7) is 2.40. The Morgan fingerprint density at radius 2 is 2.22 bits per heavy atom. The van der Waals surface area contributed by atoms with Crippen LogP contribution in [-0.4, -0.2) is 54.5 Å². The van der Waals surface area contributed by atoms with E-state index in [1.807, 2.05) is 18.2 Å². The second-order valence-corrected chi connectivity index (χ2v) is 6.96. The fourth-order valence-electron chi connectivity index (χ4n) is 3.98. The number of aromatic nitrogens is 2. The molecule has 0 radical (unpaired) electrons. The number of ether oxygens (including phenoxy) is 1. The summed E-state index contributed by atoms with van der Waals surface area (Å²) in [7, 11) is 1.70. The van der Waals surface area contributed by atoms with E-state index in [-0.39, 0.29) is 12.6 Å². The number of rotatable bonds is 6. The van der Waals surface area contributed by atoms with Crippen LogP contribution >= 0.6 is 0 Å². The third-order valence-electron chi connectivity index (χ3n) is 5.36. The van der Waals surface area contributed by atoms with Gasteiger partial charge in [-0.2, -0.15) is 0 Å². The van der Waals surface area contributed by atoms with Gasteiger partial charge in [-0.25, -0.2) is 15.4 Å². The Balaban J connectivity index is 1.51. The summed E-state index contributed by atoms with van der Waals surface area (Å²) in [5.41, 5.74) is 8.16. The van der Waals surface area contributed by atoms with Crippen molar-refractivity contribution in [3.05, 3.63) is 42.2 Å². The van der Waals surface area contributed by atoms with Gasteiger partial charge in [0.15, 0.2) is 0 Å². The van der Waals surface area contributed by atoms with Crippen molar-refractivity contribution in [3.63, 3.8) is 0 Å². The van der Waals surface area contributed by atoms with Crippen LogP contribution in [-0.2, 0) is 0 Å². The SMILES string of the molecule is COc1cccc(C2NNC3CCN(c4cc(NCCO)ncn4)CC32)c1. The van der Waals surface area contributed by atoms with Crippen molar-refractivity contribution in [1.82, 2.24) is 20.8 Å². The quantitative estimate of drug-likeness (QED) is 0.597. The van der Waals surface area contributed by atoms with Crippen molar-refractivity contribution in [1.29, 1.82) is 0 Å². The molecule has 2 aliphatic heterocycles. The van der Waals surface area contributed by atoms with E-state index in [0.717, 1.165) is 36.9 Å². The Morgan fingerprint density at radius 3 is 3.07 bits per heavy atom. The number of hydrogen-bond acceptors (Lipinski definition) is 8. The minimum atomic E-state index is 0.0758. The fraction of sp³-hybridized carbons (Fsp3) is 0.474. The lowest BCUT2D eigenvalue weighted by molar-refractivity contribution is 0.311. The van der Waals surface area contributed by atoms with Gasteiger partial charge < -0.3 is 20.1 Å². The molecule has 144 valence electrons. The van der Waals surface area contributed by atoms with Gasteiger partial charge in [0.25, 0.3) is 0 Å². The average Bonchev–Trinajstić information content (AvgIpc) is 3.16. The highest BCUT2D eigenvalue weighted by Crippen LogP contribution is 2.36. The van der Waals surface area contributed by atoms with Crippen LogP contribution in [0, 0.1) is 5.92 Å². The number of nitrogens with one attached hydrogen (secondary N) is 3. The Labute approximate surface area is 158 Å². The summed E-state index contributed by atoms with van der Waals surface area (Å²) in [4.78, 5) is 11.0. The predicted octanol–water partition coefficient (Wildman–Crippen LogP) is 0.933. The van der Waals surface area contributed by atoms with Crippen LogP contribution in [0.3, 0.4) is 0 Å². The molecule has 2 aliphatic rings. The first-order chi connectivity index (χ1) is 13.3. The molecule has 1 aromatic heterocycles. The van der Waals surface area contributed by atoms with Gasteiger partial charge in [0, 0.05) is 37.7 Å². The van der Waals surface area contributed by atoms with Crippen LogP contribution in [0.4, 0.5) is 11.6 Å². The molecule has 2 fully saturated rings. The first-order valence-corrected chi connectivity index (χ1v) is 9.35. The monoisotopic (exact) mass is 370 g/mol. The number of hydrazine groups is 1. The molecule has 4 N–H and O–H groups in total. The number of fused-ring (bicyclic) bond motifs is 1. The van der Waals surface area contributed by atoms with E-state index in [0.29, 0.717) is 18.5 Å². The van der Waals surface area contributed by atoms with E-state index in [2.05, 4.69) is 43.2 Å². The molecule has 0 aliphatic carbocycles. The lowest BCUT2D eigenvalue weighted by Gasteiger charge is -2.37. The van der Waals surface area contributed by atoms with Crippen LogP contribution in [0.15, 0.2) is 36.7 Å². The van der Waals surface area contributed by atoms with Crippen molar-refractivity contribution < 1.29 is 9.84 Å². The van der Waals surface area contributed by atoms with Crippen molar-refractivity contribution in [2.45, 2.75) is 18.5 Å². The van der Waals surface area contributed by atoms with E-state index in [4.69, 9.17) is 9.84 Å². The largest absolute Gasteiger partial charge is 0.497 e. The van der Waals surface area contributed by atoms with E-state index in [1.165, 1.54) is 5.56 Å². The van der Waals surface area contributed by atoms with Gasteiger partial charge in [-0.05, 0) is 24.1 Å². The van der Waals surface area contributed by atoms with E-state index in [9.17, 15) is 0 Å². The third kappa shape index (κ3) is 3.83. The maximum absolute atomic E-state index is 8.98. The smallest absolute Gasteiger partial charge is 0.134 e. The minimum Gasteiger partial charge on any atom is -0.497 e. The van der Waals surface area contributed by atoms with Gasteiger partial charge in [-0.15, -0.1) is 0 Å². The van der Waals surface area contributed by atoms with Gasteiger partial charge in [0.1, 0.15) is 23.7 Å². The topological polar surface area (TPSA) is 94.6 Å². The molecule has 3 unspecified atom stereocenters. The second-order valence-electron chi connectivity index (χ2n) is 6.96. The molecule has 8 nitrogen and oxygen atoms in total. The lowest BCUT2D eigenvalue weighted by Crippen LogP contribution is -2.45. The van der Waals surface area contributed by atoms with E-state index in [1.54, 1.807) is 13.4 Å². The molecule has 0 saturated carbocycles. The number of anilines is 2. The molecule has 27 heavy (non-hydrogen) atoms. The third-order valence-corrected chi connectivity index (χ3v) is 5.36. The number of aliphatic hydroxyl groups excluding tert-OH is 1. The minimum absolute atomic E-state index is 0.0758. The normalized spacial score (nSPS) is 24.5. The average molecular weight is 370 g/mol. The Hall–Kier alpha value is -2.42. The summed E-state index contributed by atoms with van der Waals surface area (Å²) in [6.07, 6.45) is 2.62. The highest BCUT2D eigenvalue weighted by Gasteiger charge is 2.40. The van der Waals surface area contributed by atoms with E-state index < -0.39 is 0 Å². The molecule has 3 atom stereocenters. The molecule has 1 aromatic carbocycles. The van der Waals surface area contributed by atoms with Crippen LogP contribution in [0.1, 0.15) is 18.0 Å². The summed E-state index contributed by atoms with van der Waals surface area (Å²) in [5.74, 6) is 2.96. The highest BCUT2D eigenvalue weighted by molar-refractivity contribution is 5.49. The Bertz CT molecular complexity index is 773. The second kappa shape index (κ2) is 8.08. The van der Waals surface area contributed by atoms with Gasteiger partial charge in [-0.1, -0.05) is 12.1 Å². The molecule has 0 spiro atoms. The summed E-state index contributed by atoms with van der Waals surface area (Å²) in [5, 5.41) is 12.1. The zero-order valence-electron chi connectivity index (χ0n) is 15.4. The zero-order chi connectivity index (χ0) is 18.6. The maximum atomic E-state index is 8.98. The standard InChI is InChI=1S/C19H26N6O2/c1-27-14-4-2-3-13(9-14)19-15-11-25(7-5-16(15)23-24-19)18-10-17(20-6-8-26)21-12-22-18/h2-4,9-10,12,15-16,19,23-24,26H,5-8,11H2,1H3,(H,20,21,22). The van der Waals surface area contributed by atoms with Crippen LogP contribution in [0.25, 0.3) is 0 Å². The van der Waals surface area contributed by atoms with Crippen LogP contribution in [0.2, 0.25) is 0 Å². The lowest BCUT2D eigenvalue weighted by atomic mass is 9.85. The number of methoxy groups -OCH3 is 1. The molecular formula is C19H26N6O2. The number of nitrogens with zero attached hydrogens (tertiary/aromatic N) is 3. The number of piperidine rings is 1. The van der Waals surface area contributed by atoms with Crippen molar-refractivity contribution in [2.75, 3.05) is 43.6 Å². The molecule has 2 aromatic rings. The molecule has 2 saturated heterocycles. The van der Waals surface area contributed by atoms with Crippen molar-refractivity contribution >= 4 is 11.6 Å². The van der Waals surface area contributed by atoms with E-state index >= 15 is 0 Å². The molecule has 8 heteroatoms. The molecule has 4 rings (SSSR count). The summed E-state index contributed by atoms with van der Waals surface area (Å²) >= 11 is 0. The maximum Gasteiger partial charge on any atom is 0.134 e. The predicted molar refractivity (Wildman–Crippen MR) is 104 cm³/mol. The summed E-state index contributed by atoms with van der Waals surface area (Å²) in [6, 6.07) is 10.9. The highest BCUT2D eigenvalue weighted by atomic mass is 16.5. The number of hydrogen-bond donors (Lipinski definition) is 4. The van der Waals surface area contributed by atoms with Crippen molar-refractivity contribution in [3.8, 4) is 5.75 Å². The van der Waals surface area contributed by atoms with Crippen LogP contribution in [0.5, 0.6) is 5.75 Å². The molecule has 0 amide bonds. The van der Waals surface area contributed by atoms with Crippen LogP contribution < -0.4 is 25.8 Å².